The van der Waals surface area contributed by atoms with Gasteiger partial charge in [0, 0.05) is 0 Å². The van der Waals surface area contributed by atoms with Gasteiger partial charge in [-0.1, -0.05) is 25.5 Å². The molecule has 124 valence electrons. The van der Waals surface area contributed by atoms with Gasteiger partial charge < -0.3 is 20.9 Å². The zero-order chi connectivity index (χ0) is 16.5. The SMILES string of the molecule is C=C(CC)C1CC2CC(N)(C(=O)O)C(CCCB(O)O)C2C1. The number of hydrogen-bond acceptors (Lipinski definition) is 4. The van der Waals surface area contributed by atoms with Crippen LogP contribution >= 0.6 is 0 Å². The van der Waals surface area contributed by atoms with Crippen LogP contribution in [0.4, 0.5) is 0 Å². The van der Waals surface area contributed by atoms with E-state index >= 15 is 0 Å². The van der Waals surface area contributed by atoms with Gasteiger partial charge >= 0.3 is 13.1 Å². The van der Waals surface area contributed by atoms with Crippen LogP contribution in [0.15, 0.2) is 12.2 Å². The number of fused-ring (bicyclic) bond motifs is 1. The zero-order valence-corrected chi connectivity index (χ0v) is 13.4. The number of allylic oxidation sites excluding steroid dienone is 1. The first kappa shape index (κ1) is 17.5. The Morgan fingerprint density at radius 1 is 1.41 bits per heavy atom. The molecule has 2 fully saturated rings. The van der Waals surface area contributed by atoms with Gasteiger partial charge in [-0.3, -0.25) is 4.79 Å². The van der Waals surface area contributed by atoms with Crippen LogP contribution < -0.4 is 5.73 Å². The lowest BCUT2D eigenvalue weighted by molar-refractivity contribution is -0.145. The summed E-state index contributed by atoms with van der Waals surface area (Å²) in [5.74, 6) is 0.179. The van der Waals surface area contributed by atoms with Crippen LogP contribution in [0.25, 0.3) is 0 Å². The predicted octanol–water partition coefficient (Wildman–Crippen LogP) is 1.65. The Hall–Kier alpha value is -0.845. The van der Waals surface area contributed by atoms with Crippen molar-refractivity contribution in [3.8, 4) is 0 Å². The highest BCUT2D eigenvalue weighted by molar-refractivity contribution is 6.40. The number of aliphatic carboxylic acids is 1. The van der Waals surface area contributed by atoms with E-state index in [0.717, 1.165) is 19.3 Å². The molecule has 5 unspecified atom stereocenters. The highest BCUT2D eigenvalue weighted by atomic mass is 16.4. The van der Waals surface area contributed by atoms with Gasteiger partial charge in [0.05, 0.1) is 0 Å². The van der Waals surface area contributed by atoms with Crippen molar-refractivity contribution >= 4 is 13.1 Å². The summed E-state index contributed by atoms with van der Waals surface area (Å²) < 4.78 is 0. The number of carboxylic acids is 1. The molecule has 0 amide bonds. The zero-order valence-electron chi connectivity index (χ0n) is 13.4. The quantitative estimate of drug-likeness (QED) is 0.423. The lowest BCUT2D eigenvalue weighted by Gasteiger charge is -2.31. The summed E-state index contributed by atoms with van der Waals surface area (Å²) in [5, 5.41) is 27.6. The van der Waals surface area contributed by atoms with Gasteiger partial charge in [0.15, 0.2) is 0 Å². The van der Waals surface area contributed by atoms with Gasteiger partial charge in [-0.25, -0.2) is 0 Å². The molecule has 0 spiro atoms. The van der Waals surface area contributed by atoms with E-state index in [4.69, 9.17) is 15.8 Å². The molecule has 0 aromatic heterocycles. The third-order valence-electron chi connectivity index (χ3n) is 5.93. The monoisotopic (exact) mass is 309 g/mol. The molecular formula is C16H28BNO4. The molecule has 0 aromatic rings. The van der Waals surface area contributed by atoms with Crippen LogP contribution in [0.2, 0.25) is 6.32 Å². The van der Waals surface area contributed by atoms with Crippen molar-refractivity contribution < 1.29 is 19.9 Å². The fourth-order valence-electron chi connectivity index (χ4n) is 4.71. The van der Waals surface area contributed by atoms with Crippen LogP contribution in [0.3, 0.4) is 0 Å². The molecule has 0 heterocycles. The molecule has 0 aliphatic heterocycles. The van der Waals surface area contributed by atoms with Crippen LogP contribution in [0.5, 0.6) is 0 Å². The molecule has 2 rings (SSSR count). The number of hydrogen-bond donors (Lipinski definition) is 4. The smallest absolute Gasteiger partial charge is 0.451 e. The molecule has 2 saturated carbocycles. The second kappa shape index (κ2) is 6.73. The fourth-order valence-corrected chi connectivity index (χ4v) is 4.71. The Kier molecular flexibility index (Phi) is 5.35. The van der Waals surface area contributed by atoms with E-state index in [0.29, 0.717) is 37.0 Å². The predicted molar refractivity (Wildman–Crippen MR) is 86.0 cm³/mol. The van der Waals surface area contributed by atoms with Crippen molar-refractivity contribution in [3.63, 3.8) is 0 Å². The van der Waals surface area contributed by atoms with Crippen molar-refractivity contribution in [2.45, 2.75) is 57.3 Å². The summed E-state index contributed by atoms with van der Waals surface area (Å²) in [4.78, 5) is 11.7. The molecule has 0 aromatic carbocycles. The second-order valence-corrected chi connectivity index (χ2v) is 7.17. The summed E-state index contributed by atoms with van der Waals surface area (Å²) >= 11 is 0. The summed E-state index contributed by atoms with van der Waals surface area (Å²) in [6.45, 7) is 6.26. The van der Waals surface area contributed by atoms with E-state index in [2.05, 4.69) is 13.5 Å². The Bertz CT molecular complexity index is 442. The standard InChI is InChI=1S/C16H28BNO4/c1-3-10(2)11-7-12-9-16(18,15(19)20)14(13(12)8-11)5-4-6-17(21)22/h11-14,21-22H,2-9,18H2,1H3,(H,19,20). The van der Waals surface area contributed by atoms with Crippen LogP contribution in [0, 0.1) is 23.7 Å². The second-order valence-electron chi connectivity index (χ2n) is 7.17. The van der Waals surface area contributed by atoms with E-state index in [9.17, 15) is 9.90 Å². The van der Waals surface area contributed by atoms with Gasteiger partial charge in [-0.15, -0.1) is 0 Å². The largest absolute Gasteiger partial charge is 0.480 e. The van der Waals surface area contributed by atoms with Gasteiger partial charge in [0.2, 0.25) is 0 Å². The first-order valence-electron chi connectivity index (χ1n) is 8.35. The van der Waals surface area contributed by atoms with E-state index < -0.39 is 18.6 Å². The summed E-state index contributed by atoms with van der Waals surface area (Å²) in [6.07, 6.45) is 5.00. The third-order valence-corrected chi connectivity index (χ3v) is 5.93. The summed E-state index contributed by atoms with van der Waals surface area (Å²) in [7, 11) is -1.33. The maximum atomic E-state index is 11.7. The molecule has 6 heteroatoms. The van der Waals surface area contributed by atoms with Gasteiger partial charge in [0.1, 0.15) is 5.54 Å². The van der Waals surface area contributed by atoms with Crippen LogP contribution in [-0.2, 0) is 4.79 Å². The minimum absolute atomic E-state index is 0.0802. The lowest BCUT2D eigenvalue weighted by Crippen LogP contribution is -2.52. The molecule has 0 radical (unpaired) electrons. The Labute approximate surface area is 132 Å². The Morgan fingerprint density at radius 3 is 2.64 bits per heavy atom. The summed E-state index contributed by atoms with van der Waals surface area (Å²) in [6, 6.07) is 0. The van der Waals surface area contributed by atoms with E-state index in [1.807, 2.05) is 0 Å². The lowest BCUT2D eigenvalue weighted by atomic mass is 9.75. The minimum Gasteiger partial charge on any atom is -0.480 e. The van der Waals surface area contributed by atoms with Crippen molar-refractivity contribution in [2.75, 3.05) is 0 Å². The normalized spacial score (nSPS) is 37.1. The maximum Gasteiger partial charge on any atom is 0.451 e. The molecule has 2 aliphatic rings. The number of carboxylic acid groups (broad SMARTS) is 1. The molecule has 5 atom stereocenters. The molecule has 0 bridgehead atoms. The molecular weight excluding hydrogens is 281 g/mol. The van der Waals surface area contributed by atoms with Crippen molar-refractivity contribution in [2.24, 2.45) is 29.4 Å². The summed E-state index contributed by atoms with van der Waals surface area (Å²) in [5.41, 5.74) is 6.36. The number of rotatable bonds is 7. The first-order chi connectivity index (χ1) is 10.3. The highest BCUT2D eigenvalue weighted by Gasteiger charge is 2.58. The molecule has 22 heavy (non-hydrogen) atoms. The van der Waals surface area contributed by atoms with Crippen LogP contribution in [0.1, 0.15) is 45.4 Å². The molecule has 2 aliphatic carbocycles. The van der Waals surface area contributed by atoms with Crippen molar-refractivity contribution in [1.82, 2.24) is 0 Å². The maximum absolute atomic E-state index is 11.7. The van der Waals surface area contributed by atoms with Crippen molar-refractivity contribution in [1.29, 1.82) is 0 Å². The Morgan fingerprint density at radius 2 is 2.09 bits per heavy atom. The molecule has 0 saturated heterocycles. The average Bonchev–Trinajstić information content (AvgIpc) is 2.95. The first-order valence-corrected chi connectivity index (χ1v) is 8.35. The molecule has 5 N–H and O–H groups in total. The number of nitrogens with two attached hydrogens (primary N) is 1. The van der Waals surface area contributed by atoms with Crippen molar-refractivity contribution in [3.05, 3.63) is 12.2 Å². The minimum atomic E-state index is -1.33. The van der Waals surface area contributed by atoms with E-state index in [-0.39, 0.29) is 12.2 Å². The van der Waals surface area contributed by atoms with Crippen LogP contribution in [-0.4, -0.2) is 33.8 Å². The van der Waals surface area contributed by atoms with E-state index in [1.54, 1.807) is 0 Å². The average molecular weight is 309 g/mol. The fraction of sp³-hybridized carbons (Fsp3) is 0.812. The van der Waals surface area contributed by atoms with E-state index in [1.165, 1.54) is 5.57 Å². The Balaban J connectivity index is 2.09. The topological polar surface area (TPSA) is 104 Å². The third kappa shape index (κ3) is 3.24. The van der Waals surface area contributed by atoms with Gasteiger partial charge in [-0.2, -0.15) is 0 Å². The number of carbonyl (C=O) groups is 1. The molecule has 5 nitrogen and oxygen atoms in total. The highest BCUT2D eigenvalue weighted by Crippen LogP contribution is 2.56. The van der Waals surface area contributed by atoms with Gasteiger partial charge in [0.25, 0.3) is 0 Å². The van der Waals surface area contributed by atoms with Gasteiger partial charge in [-0.05, 0) is 62.1 Å².